The Bertz CT molecular complexity index is 1020. The molecule has 1 aromatic heterocycles. The van der Waals surface area contributed by atoms with Crippen LogP contribution in [0.15, 0.2) is 83.8 Å². The summed E-state index contributed by atoms with van der Waals surface area (Å²) in [6.45, 7) is 0. The lowest BCUT2D eigenvalue weighted by Crippen LogP contribution is -1.83. The molecule has 128 valence electrons. The molecule has 4 rings (SSSR count). The highest BCUT2D eigenvalue weighted by Gasteiger charge is 2.17. The van der Waals surface area contributed by atoms with Crippen molar-refractivity contribution < 1.29 is 0 Å². The van der Waals surface area contributed by atoms with Gasteiger partial charge in [-0.15, -0.1) is 23.1 Å². The third-order valence-electron chi connectivity index (χ3n) is 4.13. The first-order valence-corrected chi connectivity index (χ1v) is 10.6. The first-order valence-electron chi connectivity index (χ1n) is 8.22. The molecule has 0 spiro atoms. The topological polar surface area (TPSA) is 12.9 Å². The van der Waals surface area contributed by atoms with Gasteiger partial charge in [-0.1, -0.05) is 72.3 Å². The van der Waals surface area contributed by atoms with E-state index in [9.17, 15) is 0 Å². The van der Waals surface area contributed by atoms with Gasteiger partial charge in [-0.2, -0.15) is 0 Å². The number of aromatic nitrogens is 1. The molecule has 4 aromatic rings. The van der Waals surface area contributed by atoms with Crippen molar-refractivity contribution >= 4 is 34.7 Å². The number of thioether (sulfide) groups is 1. The molecule has 0 unspecified atom stereocenters. The molecular formula is C22H16ClNS2. The number of nitrogens with zero attached hydrogens (tertiary/aromatic N) is 1. The summed E-state index contributed by atoms with van der Waals surface area (Å²) < 4.78 is 0. The lowest BCUT2D eigenvalue weighted by atomic mass is 10.1. The number of benzene rings is 3. The Kier molecular flexibility index (Phi) is 5.11. The van der Waals surface area contributed by atoms with Crippen LogP contribution in [0.2, 0.25) is 5.02 Å². The van der Waals surface area contributed by atoms with Crippen LogP contribution >= 0.6 is 34.7 Å². The summed E-state index contributed by atoms with van der Waals surface area (Å²) >= 11 is 9.85. The van der Waals surface area contributed by atoms with Gasteiger partial charge < -0.3 is 0 Å². The second kappa shape index (κ2) is 7.67. The third kappa shape index (κ3) is 3.43. The van der Waals surface area contributed by atoms with E-state index in [0.29, 0.717) is 0 Å². The van der Waals surface area contributed by atoms with Crippen molar-refractivity contribution in [3.05, 3.63) is 83.9 Å². The van der Waals surface area contributed by atoms with Gasteiger partial charge in [0.15, 0.2) is 0 Å². The molecule has 0 amide bonds. The first kappa shape index (κ1) is 17.3. The second-order valence-electron chi connectivity index (χ2n) is 5.77. The van der Waals surface area contributed by atoms with E-state index < -0.39 is 0 Å². The van der Waals surface area contributed by atoms with Crippen molar-refractivity contribution in [1.82, 2.24) is 4.98 Å². The minimum Gasteiger partial charge on any atom is -0.235 e. The SMILES string of the molecule is CSc1ccc(-c2sc(-c3ccccc3Cl)nc2-c2ccccc2)cc1. The molecule has 0 bridgehead atoms. The van der Waals surface area contributed by atoms with Gasteiger partial charge in [0.2, 0.25) is 0 Å². The average molecular weight is 394 g/mol. The summed E-state index contributed by atoms with van der Waals surface area (Å²) in [6, 6.07) is 26.8. The van der Waals surface area contributed by atoms with E-state index in [-0.39, 0.29) is 0 Å². The lowest BCUT2D eigenvalue weighted by molar-refractivity contribution is 1.39. The van der Waals surface area contributed by atoms with Crippen molar-refractivity contribution in [3.8, 4) is 32.3 Å². The maximum Gasteiger partial charge on any atom is 0.126 e. The number of rotatable bonds is 4. The highest BCUT2D eigenvalue weighted by molar-refractivity contribution is 7.98. The summed E-state index contributed by atoms with van der Waals surface area (Å²) in [5, 5.41) is 1.67. The van der Waals surface area contributed by atoms with Crippen molar-refractivity contribution in [3.63, 3.8) is 0 Å². The van der Waals surface area contributed by atoms with E-state index >= 15 is 0 Å². The van der Waals surface area contributed by atoms with Gasteiger partial charge in [-0.3, -0.25) is 0 Å². The maximum absolute atomic E-state index is 6.42. The fraction of sp³-hybridized carbons (Fsp3) is 0.0455. The van der Waals surface area contributed by atoms with Crippen LogP contribution in [0.5, 0.6) is 0 Å². The Balaban J connectivity index is 1.89. The molecule has 0 radical (unpaired) electrons. The Hall–Kier alpha value is -2.07. The van der Waals surface area contributed by atoms with Crippen LogP contribution < -0.4 is 0 Å². The number of hydrogen-bond acceptors (Lipinski definition) is 3. The van der Waals surface area contributed by atoms with Crippen LogP contribution in [0.3, 0.4) is 0 Å². The highest BCUT2D eigenvalue weighted by atomic mass is 35.5. The summed E-state index contributed by atoms with van der Waals surface area (Å²) in [6.07, 6.45) is 2.09. The Morgan fingerprint density at radius 3 is 2.19 bits per heavy atom. The molecule has 0 aliphatic heterocycles. The largest absolute Gasteiger partial charge is 0.235 e. The standard InChI is InChI=1S/C22H16ClNS2/c1-25-17-13-11-16(12-14-17)21-20(15-7-3-2-4-8-15)24-22(26-21)18-9-5-6-10-19(18)23/h2-14H,1H3. The maximum atomic E-state index is 6.42. The third-order valence-corrected chi connectivity index (χ3v) is 6.34. The van der Waals surface area contributed by atoms with Crippen LogP contribution in [0, 0.1) is 0 Å². The molecule has 26 heavy (non-hydrogen) atoms. The molecule has 1 heterocycles. The van der Waals surface area contributed by atoms with E-state index in [4.69, 9.17) is 16.6 Å². The smallest absolute Gasteiger partial charge is 0.126 e. The Morgan fingerprint density at radius 2 is 1.50 bits per heavy atom. The van der Waals surface area contributed by atoms with Crippen molar-refractivity contribution in [2.75, 3.05) is 6.26 Å². The van der Waals surface area contributed by atoms with Gasteiger partial charge >= 0.3 is 0 Å². The molecule has 1 nitrogen and oxygen atoms in total. The van der Waals surface area contributed by atoms with E-state index in [1.54, 1.807) is 23.1 Å². The summed E-state index contributed by atoms with van der Waals surface area (Å²) in [4.78, 5) is 7.38. The number of halogens is 1. The van der Waals surface area contributed by atoms with Crippen LogP contribution in [-0.4, -0.2) is 11.2 Å². The second-order valence-corrected chi connectivity index (χ2v) is 8.06. The average Bonchev–Trinajstić information content (AvgIpc) is 3.14. The predicted molar refractivity (Wildman–Crippen MR) is 115 cm³/mol. The highest BCUT2D eigenvalue weighted by Crippen LogP contribution is 2.42. The van der Waals surface area contributed by atoms with Gasteiger partial charge in [-0.05, 0) is 30.0 Å². The summed E-state index contributed by atoms with van der Waals surface area (Å²) in [7, 11) is 0. The molecule has 0 fully saturated rings. The minimum atomic E-state index is 0.727. The van der Waals surface area contributed by atoms with Crippen molar-refractivity contribution in [1.29, 1.82) is 0 Å². The van der Waals surface area contributed by atoms with Crippen molar-refractivity contribution in [2.24, 2.45) is 0 Å². The normalized spacial score (nSPS) is 10.8. The fourth-order valence-corrected chi connectivity index (χ4v) is 4.62. The van der Waals surface area contributed by atoms with E-state index in [0.717, 1.165) is 26.9 Å². The van der Waals surface area contributed by atoms with E-state index in [1.165, 1.54) is 15.3 Å². The molecule has 0 atom stereocenters. The monoisotopic (exact) mass is 393 g/mol. The molecule has 0 saturated heterocycles. The molecule has 4 heteroatoms. The lowest BCUT2D eigenvalue weighted by Gasteiger charge is -2.03. The van der Waals surface area contributed by atoms with Crippen LogP contribution in [-0.2, 0) is 0 Å². The Morgan fingerprint density at radius 1 is 0.808 bits per heavy atom. The molecule has 0 saturated carbocycles. The number of thiazole rings is 1. The number of hydrogen-bond donors (Lipinski definition) is 0. The first-order chi connectivity index (χ1) is 12.8. The fourth-order valence-electron chi connectivity index (χ4n) is 2.80. The van der Waals surface area contributed by atoms with Gasteiger partial charge in [0, 0.05) is 16.0 Å². The summed E-state index contributed by atoms with van der Waals surface area (Å²) in [5.41, 5.74) is 4.27. The van der Waals surface area contributed by atoms with Crippen LogP contribution in [0.4, 0.5) is 0 Å². The molecule has 0 aliphatic rings. The Labute approximate surface area is 166 Å². The minimum absolute atomic E-state index is 0.727. The zero-order valence-electron chi connectivity index (χ0n) is 14.1. The molecule has 0 N–H and O–H groups in total. The van der Waals surface area contributed by atoms with Gasteiger partial charge in [0.05, 0.1) is 15.6 Å². The van der Waals surface area contributed by atoms with Gasteiger partial charge in [0.25, 0.3) is 0 Å². The zero-order chi connectivity index (χ0) is 17.9. The van der Waals surface area contributed by atoms with Crippen LogP contribution in [0.1, 0.15) is 0 Å². The van der Waals surface area contributed by atoms with E-state index in [2.05, 4.69) is 42.7 Å². The molecular weight excluding hydrogens is 378 g/mol. The quantitative estimate of drug-likeness (QED) is 0.332. The van der Waals surface area contributed by atoms with Gasteiger partial charge in [0.1, 0.15) is 5.01 Å². The van der Waals surface area contributed by atoms with Crippen LogP contribution in [0.25, 0.3) is 32.3 Å². The van der Waals surface area contributed by atoms with E-state index in [1.807, 2.05) is 42.5 Å². The molecule has 0 aliphatic carbocycles. The van der Waals surface area contributed by atoms with Gasteiger partial charge in [-0.25, -0.2) is 4.98 Å². The molecule has 3 aromatic carbocycles. The van der Waals surface area contributed by atoms with Crippen molar-refractivity contribution in [2.45, 2.75) is 4.90 Å². The summed E-state index contributed by atoms with van der Waals surface area (Å²) in [5.74, 6) is 0. The predicted octanol–water partition coefficient (Wildman–Crippen LogP) is 7.52. The zero-order valence-corrected chi connectivity index (χ0v) is 16.5.